The summed E-state index contributed by atoms with van der Waals surface area (Å²) in [7, 11) is -3.65. The van der Waals surface area contributed by atoms with E-state index in [4.69, 9.17) is 9.88 Å². The molecule has 0 bridgehead atoms. The van der Waals surface area contributed by atoms with Gasteiger partial charge in [-0.25, -0.2) is 13.6 Å². The molecule has 3 N–H and O–H groups in total. The third-order valence-corrected chi connectivity index (χ3v) is 4.62. The molecule has 1 aliphatic heterocycles. The molecule has 1 fully saturated rings. The number of nitrogens with zero attached hydrogens (tertiary/aromatic N) is 1. The Hall–Kier alpha value is -1.15. The molecule has 0 radical (unpaired) electrons. The van der Waals surface area contributed by atoms with Crippen LogP contribution in [0.3, 0.4) is 0 Å². The first-order valence-electron chi connectivity index (χ1n) is 7.08. The Kier molecular flexibility index (Phi) is 5.58. The molecule has 1 aliphatic rings. The molecule has 1 aromatic carbocycles. The van der Waals surface area contributed by atoms with Crippen molar-refractivity contribution < 1.29 is 18.3 Å². The maximum absolute atomic E-state index is 11.1. The number of piperidine rings is 1. The number of nitrogens with two attached hydrogens (primary N) is 1. The predicted octanol–water partition coefficient (Wildman–Crippen LogP) is 0.417. The van der Waals surface area contributed by atoms with Gasteiger partial charge in [0.15, 0.2) is 0 Å². The van der Waals surface area contributed by atoms with Crippen molar-refractivity contribution in [1.29, 1.82) is 0 Å². The highest BCUT2D eigenvalue weighted by Crippen LogP contribution is 2.17. The standard InChI is InChI=1S/C14H22N2O4S/c15-21(18,19)14-5-3-13(4-6-14)20-9-8-16-7-1-2-12(10-16)11-17/h3-6,12,17H,1-2,7-11H2,(H2,15,18,19). The topological polar surface area (TPSA) is 92.9 Å². The molecule has 0 saturated carbocycles. The first-order valence-corrected chi connectivity index (χ1v) is 8.62. The minimum absolute atomic E-state index is 0.0802. The molecule has 6 nitrogen and oxygen atoms in total. The molecule has 21 heavy (non-hydrogen) atoms. The fourth-order valence-electron chi connectivity index (χ4n) is 2.52. The number of rotatable bonds is 6. The monoisotopic (exact) mass is 314 g/mol. The number of ether oxygens (including phenoxy) is 1. The summed E-state index contributed by atoms with van der Waals surface area (Å²) >= 11 is 0. The molecule has 0 amide bonds. The highest BCUT2D eigenvalue weighted by Gasteiger charge is 2.18. The summed E-state index contributed by atoms with van der Waals surface area (Å²) in [6.07, 6.45) is 2.19. The summed E-state index contributed by atoms with van der Waals surface area (Å²) in [6.45, 7) is 3.52. The minimum atomic E-state index is -3.65. The van der Waals surface area contributed by atoms with E-state index < -0.39 is 10.0 Å². The van der Waals surface area contributed by atoms with Gasteiger partial charge in [-0.15, -0.1) is 0 Å². The van der Waals surface area contributed by atoms with Crippen molar-refractivity contribution in [2.24, 2.45) is 11.1 Å². The predicted molar refractivity (Wildman–Crippen MR) is 79.6 cm³/mol. The lowest BCUT2D eigenvalue weighted by Gasteiger charge is -2.31. The van der Waals surface area contributed by atoms with Gasteiger partial charge < -0.3 is 9.84 Å². The number of likely N-dealkylation sites (tertiary alicyclic amines) is 1. The summed E-state index contributed by atoms with van der Waals surface area (Å²) in [6, 6.07) is 6.08. The Labute approximate surface area is 125 Å². The summed E-state index contributed by atoms with van der Waals surface area (Å²) in [5, 5.41) is 14.2. The summed E-state index contributed by atoms with van der Waals surface area (Å²) in [4.78, 5) is 2.36. The van der Waals surface area contributed by atoms with Crippen molar-refractivity contribution in [3.05, 3.63) is 24.3 Å². The van der Waals surface area contributed by atoms with Crippen LogP contribution in [0.25, 0.3) is 0 Å². The zero-order valence-electron chi connectivity index (χ0n) is 11.9. The normalized spacial score (nSPS) is 20.4. The highest BCUT2D eigenvalue weighted by atomic mass is 32.2. The second kappa shape index (κ2) is 7.22. The number of primary sulfonamides is 1. The second-order valence-electron chi connectivity index (χ2n) is 5.36. The van der Waals surface area contributed by atoms with Crippen LogP contribution < -0.4 is 9.88 Å². The van der Waals surface area contributed by atoms with Crippen LogP contribution in [-0.2, 0) is 10.0 Å². The average molecular weight is 314 g/mol. The summed E-state index contributed by atoms with van der Waals surface area (Å²) in [5.74, 6) is 0.992. The number of aliphatic hydroxyl groups excluding tert-OH is 1. The molecule has 0 aromatic heterocycles. The van der Waals surface area contributed by atoms with Crippen LogP contribution in [0, 0.1) is 5.92 Å². The van der Waals surface area contributed by atoms with Gasteiger partial charge in [0.1, 0.15) is 12.4 Å². The third kappa shape index (κ3) is 4.96. The lowest BCUT2D eigenvalue weighted by atomic mass is 9.99. The number of hydrogen-bond acceptors (Lipinski definition) is 5. The van der Waals surface area contributed by atoms with E-state index in [1.54, 1.807) is 12.1 Å². The van der Waals surface area contributed by atoms with Crippen LogP contribution in [0.15, 0.2) is 29.2 Å². The molecular formula is C14H22N2O4S. The quantitative estimate of drug-likeness (QED) is 0.794. The zero-order chi connectivity index (χ0) is 15.3. The van der Waals surface area contributed by atoms with Crippen molar-refractivity contribution in [3.63, 3.8) is 0 Å². The molecule has 0 aliphatic carbocycles. The van der Waals surface area contributed by atoms with Gasteiger partial charge >= 0.3 is 0 Å². The number of aliphatic hydroxyl groups is 1. The van der Waals surface area contributed by atoms with E-state index in [9.17, 15) is 13.5 Å². The molecule has 1 atom stereocenters. The number of hydrogen-bond donors (Lipinski definition) is 2. The Balaban J connectivity index is 1.78. The van der Waals surface area contributed by atoms with E-state index in [0.29, 0.717) is 18.3 Å². The van der Waals surface area contributed by atoms with Crippen LogP contribution in [0.2, 0.25) is 0 Å². The van der Waals surface area contributed by atoms with Crippen LogP contribution in [-0.4, -0.2) is 51.3 Å². The maximum atomic E-state index is 11.1. The fraction of sp³-hybridized carbons (Fsp3) is 0.571. The van der Waals surface area contributed by atoms with Crippen molar-refractivity contribution in [3.8, 4) is 5.75 Å². The van der Waals surface area contributed by atoms with Gasteiger partial charge in [0, 0.05) is 19.7 Å². The van der Waals surface area contributed by atoms with Gasteiger partial charge in [0.2, 0.25) is 10.0 Å². The smallest absolute Gasteiger partial charge is 0.238 e. The SMILES string of the molecule is NS(=O)(=O)c1ccc(OCCN2CCCC(CO)C2)cc1. The summed E-state index contributed by atoms with van der Waals surface area (Å²) < 4.78 is 27.9. The average Bonchev–Trinajstić information content (AvgIpc) is 2.47. The van der Waals surface area contributed by atoms with Gasteiger partial charge in [-0.05, 0) is 49.6 Å². The molecule has 0 spiro atoms. The highest BCUT2D eigenvalue weighted by molar-refractivity contribution is 7.89. The van der Waals surface area contributed by atoms with Crippen LogP contribution in [0.1, 0.15) is 12.8 Å². The third-order valence-electron chi connectivity index (χ3n) is 3.69. The molecular weight excluding hydrogens is 292 g/mol. The molecule has 1 saturated heterocycles. The van der Waals surface area contributed by atoms with Gasteiger partial charge in [0.05, 0.1) is 4.90 Å². The molecule has 1 unspecified atom stereocenters. The lowest BCUT2D eigenvalue weighted by Crippen LogP contribution is -2.39. The number of sulfonamides is 1. The van der Waals surface area contributed by atoms with Crippen molar-refractivity contribution in [2.45, 2.75) is 17.7 Å². The molecule has 1 aromatic rings. The minimum Gasteiger partial charge on any atom is -0.492 e. The Morgan fingerprint density at radius 2 is 2.05 bits per heavy atom. The van der Waals surface area contributed by atoms with E-state index in [-0.39, 0.29) is 11.5 Å². The molecule has 1 heterocycles. The van der Waals surface area contributed by atoms with E-state index in [1.807, 2.05) is 0 Å². The second-order valence-corrected chi connectivity index (χ2v) is 6.92. The fourth-order valence-corrected chi connectivity index (χ4v) is 3.04. The summed E-state index contributed by atoms with van der Waals surface area (Å²) in [5.41, 5.74) is 0. The van der Waals surface area contributed by atoms with Gasteiger partial charge in [-0.1, -0.05) is 0 Å². The first-order chi connectivity index (χ1) is 9.99. The van der Waals surface area contributed by atoms with Crippen LogP contribution in [0.5, 0.6) is 5.75 Å². The molecule has 118 valence electrons. The largest absolute Gasteiger partial charge is 0.492 e. The Morgan fingerprint density at radius 1 is 1.33 bits per heavy atom. The van der Waals surface area contributed by atoms with Gasteiger partial charge in [-0.2, -0.15) is 0 Å². The van der Waals surface area contributed by atoms with Gasteiger partial charge in [-0.3, -0.25) is 4.90 Å². The molecule has 7 heteroatoms. The van der Waals surface area contributed by atoms with E-state index in [0.717, 1.165) is 32.5 Å². The van der Waals surface area contributed by atoms with Crippen molar-refractivity contribution >= 4 is 10.0 Å². The Morgan fingerprint density at radius 3 is 2.67 bits per heavy atom. The molecule has 2 rings (SSSR count). The Bertz CT molecular complexity index is 545. The lowest BCUT2D eigenvalue weighted by molar-refractivity contribution is 0.107. The zero-order valence-corrected chi connectivity index (χ0v) is 12.8. The van der Waals surface area contributed by atoms with Crippen molar-refractivity contribution in [1.82, 2.24) is 4.90 Å². The van der Waals surface area contributed by atoms with Gasteiger partial charge in [0.25, 0.3) is 0 Å². The first kappa shape index (κ1) is 16.2. The van der Waals surface area contributed by atoms with E-state index in [1.165, 1.54) is 12.1 Å². The van der Waals surface area contributed by atoms with E-state index in [2.05, 4.69) is 4.90 Å². The van der Waals surface area contributed by atoms with Crippen LogP contribution in [0.4, 0.5) is 0 Å². The van der Waals surface area contributed by atoms with Crippen LogP contribution >= 0.6 is 0 Å². The number of benzene rings is 1. The van der Waals surface area contributed by atoms with Crippen molar-refractivity contribution in [2.75, 3.05) is 32.8 Å². The maximum Gasteiger partial charge on any atom is 0.238 e. The van der Waals surface area contributed by atoms with E-state index >= 15 is 0 Å².